The molecule has 0 spiro atoms. The van der Waals surface area contributed by atoms with Crippen LogP contribution in [0.15, 0.2) is 6.07 Å². The van der Waals surface area contributed by atoms with Crippen molar-refractivity contribution in [3.63, 3.8) is 0 Å². The molecule has 1 heterocycles. The van der Waals surface area contributed by atoms with Crippen LogP contribution in [0, 0.1) is 13.8 Å². The maximum atomic E-state index is 12.0. The molecule has 3 rings (SSSR count). The zero-order valence-corrected chi connectivity index (χ0v) is 12.4. The van der Waals surface area contributed by atoms with E-state index in [2.05, 4.69) is 28.1 Å². The lowest BCUT2D eigenvalue weighted by Crippen LogP contribution is -2.58. The van der Waals surface area contributed by atoms with Gasteiger partial charge in [0, 0.05) is 11.7 Å². The van der Waals surface area contributed by atoms with Crippen molar-refractivity contribution in [2.24, 2.45) is 5.73 Å². The third-order valence-electron chi connectivity index (χ3n) is 4.64. The van der Waals surface area contributed by atoms with Crippen LogP contribution in [0.5, 0.6) is 0 Å². The smallest absolute Gasteiger partial charge is 0.237 e. The molecule has 2 fully saturated rings. The molecule has 1 amide bonds. The quantitative estimate of drug-likeness (QED) is 0.877. The lowest BCUT2D eigenvalue weighted by molar-refractivity contribution is -0.126. The normalized spacial score (nSPS) is 30.4. The van der Waals surface area contributed by atoms with Crippen molar-refractivity contribution in [1.82, 2.24) is 15.1 Å². The number of nitrogens with zero attached hydrogens (tertiary/aromatic N) is 2. The van der Waals surface area contributed by atoms with Crippen molar-refractivity contribution >= 4 is 5.91 Å². The molecule has 2 aliphatic rings. The lowest BCUT2D eigenvalue weighted by Gasteiger charge is -2.39. The summed E-state index contributed by atoms with van der Waals surface area (Å²) in [5, 5.41) is 8.11. The number of hydrogen-bond acceptors (Lipinski definition) is 3. The van der Waals surface area contributed by atoms with Crippen LogP contribution in [0.25, 0.3) is 0 Å². The fraction of sp³-hybridized carbons (Fsp3) is 0.733. The molecule has 1 aromatic rings. The molecule has 0 radical (unpaired) electrons. The highest BCUT2D eigenvalue weighted by Gasteiger charge is 2.45. The van der Waals surface area contributed by atoms with Gasteiger partial charge >= 0.3 is 0 Å². The van der Waals surface area contributed by atoms with Crippen LogP contribution in [0.3, 0.4) is 0 Å². The number of aryl methyl sites for hydroxylation is 2. The van der Waals surface area contributed by atoms with Gasteiger partial charge < -0.3 is 11.1 Å². The molecule has 5 nitrogen and oxygen atoms in total. The minimum atomic E-state index is -0.531. The van der Waals surface area contributed by atoms with E-state index in [-0.39, 0.29) is 11.9 Å². The zero-order valence-electron chi connectivity index (χ0n) is 12.4. The zero-order chi connectivity index (χ0) is 14.3. The van der Waals surface area contributed by atoms with Crippen LogP contribution >= 0.6 is 0 Å². The molecule has 0 aromatic carbocycles. The number of nitrogens with one attached hydrogen (secondary N) is 1. The van der Waals surface area contributed by atoms with Crippen LogP contribution in [0.4, 0.5) is 0 Å². The van der Waals surface area contributed by atoms with Crippen molar-refractivity contribution in [1.29, 1.82) is 0 Å². The largest absolute Gasteiger partial charge is 0.368 e. The first kappa shape index (κ1) is 13.6. The van der Waals surface area contributed by atoms with Crippen molar-refractivity contribution < 1.29 is 4.79 Å². The summed E-state index contributed by atoms with van der Waals surface area (Å²) in [4.78, 5) is 12.0. The van der Waals surface area contributed by atoms with E-state index in [1.54, 1.807) is 0 Å². The van der Waals surface area contributed by atoms with Gasteiger partial charge in [-0.25, -0.2) is 0 Å². The third kappa shape index (κ3) is 2.46. The first-order valence-corrected chi connectivity index (χ1v) is 7.60. The van der Waals surface area contributed by atoms with Gasteiger partial charge in [-0.3, -0.25) is 9.48 Å². The van der Waals surface area contributed by atoms with Gasteiger partial charge in [0.1, 0.15) is 0 Å². The number of amides is 1. The van der Waals surface area contributed by atoms with Gasteiger partial charge in [-0.05, 0) is 58.4 Å². The minimum absolute atomic E-state index is 0.198. The summed E-state index contributed by atoms with van der Waals surface area (Å²) in [7, 11) is 0. The van der Waals surface area contributed by atoms with E-state index in [1.165, 1.54) is 18.5 Å². The Hall–Kier alpha value is -1.36. The Balaban J connectivity index is 1.83. The summed E-state index contributed by atoms with van der Waals surface area (Å²) in [5.41, 5.74) is 7.40. The predicted octanol–water partition coefficient (Wildman–Crippen LogP) is 1.59. The second-order valence-corrected chi connectivity index (χ2v) is 6.49. The second kappa shape index (κ2) is 4.88. The van der Waals surface area contributed by atoms with Crippen LogP contribution in [0.2, 0.25) is 0 Å². The molecule has 2 atom stereocenters. The van der Waals surface area contributed by atoms with Crippen molar-refractivity contribution in [2.75, 3.05) is 0 Å². The monoisotopic (exact) mass is 276 g/mol. The Kier molecular flexibility index (Phi) is 3.32. The molecule has 2 aliphatic carbocycles. The van der Waals surface area contributed by atoms with Crippen molar-refractivity contribution in [2.45, 2.75) is 70.0 Å². The van der Waals surface area contributed by atoms with Gasteiger partial charge in [0.25, 0.3) is 0 Å². The molecule has 0 saturated heterocycles. The summed E-state index contributed by atoms with van der Waals surface area (Å²) in [6.07, 6.45) is 6.05. The molecule has 0 aliphatic heterocycles. The molecule has 110 valence electrons. The van der Waals surface area contributed by atoms with Gasteiger partial charge in [0.2, 0.25) is 5.91 Å². The molecular formula is C15H24N4O. The van der Waals surface area contributed by atoms with E-state index in [0.717, 1.165) is 31.4 Å². The van der Waals surface area contributed by atoms with Crippen LogP contribution < -0.4 is 11.1 Å². The highest BCUT2D eigenvalue weighted by Crippen LogP contribution is 2.38. The van der Waals surface area contributed by atoms with Gasteiger partial charge in [-0.1, -0.05) is 0 Å². The average molecular weight is 276 g/mol. The topological polar surface area (TPSA) is 72.9 Å². The van der Waals surface area contributed by atoms with Gasteiger partial charge in [-0.15, -0.1) is 0 Å². The molecule has 0 bridgehead atoms. The Bertz CT molecular complexity index is 520. The SMILES string of the molecule is Cc1cc(C)n(C2CCCC(NC3CC3)(C(N)=O)C2)n1. The summed E-state index contributed by atoms with van der Waals surface area (Å²) in [6, 6.07) is 2.85. The maximum absolute atomic E-state index is 12.0. The summed E-state index contributed by atoms with van der Waals surface area (Å²) in [6.45, 7) is 4.09. The maximum Gasteiger partial charge on any atom is 0.237 e. The number of hydrogen-bond donors (Lipinski definition) is 2. The lowest BCUT2D eigenvalue weighted by atomic mass is 9.78. The van der Waals surface area contributed by atoms with E-state index in [4.69, 9.17) is 5.73 Å². The Labute approximate surface area is 119 Å². The number of rotatable bonds is 4. The van der Waals surface area contributed by atoms with E-state index in [0.29, 0.717) is 6.04 Å². The molecule has 2 unspecified atom stereocenters. The molecule has 1 aromatic heterocycles. The summed E-state index contributed by atoms with van der Waals surface area (Å²) < 4.78 is 2.08. The first-order chi connectivity index (χ1) is 9.50. The Morgan fingerprint density at radius 1 is 1.45 bits per heavy atom. The molecule has 3 N–H and O–H groups in total. The van der Waals surface area contributed by atoms with E-state index in [1.807, 2.05) is 6.92 Å². The predicted molar refractivity (Wildman–Crippen MR) is 77.3 cm³/mol. The van der Waals surface area contributed by atoms with Crippen molar-refractivity contribution in [3.8, 4) is 0 Å². The van der Waals surface area contributed by atoms with Gasteiger partial charge in [0.05, 0.1) is 17.3 Å². The van der Waals surface area contributed by atoms with Crippen LogP contribution in [0.1, 0.15) is 56.0 Å². The van der Waals surface area contributed by atoms with Crippen molar-refractivity contribution in [3.05, 3.63) is 17.5 Å². The van der Waals surface area contributed by atoms with E-state index < -0.39 is 5.54 Å². The molecule has 2 saturated carbocycles. The fourth-order valence-corrected chi connectivity index (χ4v) is 3.51. The Morgan fingerprint density at radius 3 is 2.75 bits per heavy atom. The summed E-state index contributed by atoms with van der Waals surface area (Å²) >= 11 is 0. The third-order valence-corrected chi connectivity index (χ3v) is 4.64. The molecule has 20 heavy (non-hydrogen) atoms. The highest BCUT2D eigenvalue weighted by molar-refractivity contribution is 5.85. The fourth-order valence-electron chi connectivity index (χ4n) is 3.51. The highest BCUT2D eigenvalue weighted by atomic mass is 16.1. The van der Waals surface area contributed by atoms with Gasteiger partial charge in [0.15, 0.2) is 0 Å². The molecular weight excluding hydrogens is 252 g/mol. The number of aromatic nitrogens is 2. The van der Waals surface area contributed by atoms with Crippen LogP contribution in [-0.4, -0.2) is 27.3 Å². The number of nitrogens with two attached hydrogens (primary N) is 1. The average Bonchev–Trinajstić information content (AvgIpc) is 3.13. The van der Waals surface area contributed by atoms with Gasteiger partial charge in [-0.2, -0.15) is 5.10 Å². The standard InChI is InChI=1S/C15H24N4O/c1-10-8-11(2)19(18-10)13-4-3-7-15(9-13,14(16)20)17-12-5-6-12/h8,12-13,17H,3-7,9H2,1-2H3,(H2,16,20). The number of primary amides is 1. The Morgan fingerprint density at radius 2 is 2.20 bits per heavy atom. The van der Waals surface area contributed by atoms with E-state index >= 15 is 0 Å². The molecule has 5 heteroatoms. The number of carbonyl (C=O) groups is 1. The first-order valence-electron chi connectivity index (χ1n) is 7.60. The number of carbonyl (C=O) groups excluding carboxylic acids is 1. The second-order valence-electron chi connectivity index (χ2n) is 6.49. The minimum Gasteiger partial charge on any atom is -0.368 e. The van der Waals surface area contributed by atoms with E-state index in [9.17, 15) is 4.79 Å². The summed E-state index contributed by atoms with van der Waals surface area (Å²) in [5.74, 6) is -0.198. The van der Waals surface area contributed by atoms with Crippen LogP contribution in [-0.2, 0) is 4.79 Å².